The van der Waals surface area contributed by atoms with Gasteiger partial charge in [-0.15, -0.1) is 0 Å². The van der Waals surface area contributed by atoms with Crippen molar-refractivity contribution in [3.63, 3.8) is 0 Å². The third kappa shape index (κ3) is 9.97. The van der Waals surface area contributed by atoms with Gasteiger partial charge in [-0.25, -0.2) is 8.42 Å². The van der Waals surface area contributed by atoms with Crippen LogP contribution in [-0.4, -0.2) is 32.7 Å². The van der Waals surface area contributed by atoms with Crippen molar-refractivity contribution in [2.45, 2.75) is 90.0 Å². The molecule has 1 saturated heterocycles. The first-order valence-corrected chi connectivity index (χ1v) is 11.0. The predicted molar refractivity (Wildman–Crippen MR) is 94.8 cm³/mol. The van der Waals surface area contributed by atoms with Gasteiger partial charge in [-0.1, -0.05) is 64.7 Å². The van der Waals surface area contributed by atoms with E-state index in [0.717, 1.165) is 32.2 Å². The summed E-state index contributed by atoms with van der Waals surface area (Å²) >= 11 is 0. The number of hydrogen-bond donors (Lipinski definition) is 2. The molecule has 1 rings (SSSR count). The molecular weight excluding hydrogens is 312 g/mol. The fraction of sp³-hybridized carbons (Fsp3) is 0.941. The first kappa shape index (κ1) is 20.4. The highest BCUT2D eigenvalue weighted by Crippen LogP contribution is 2.11. The highest BCUT2D eigenvalue weighted by Gasteiger charge is 2.25. The Morgan fingerprint density at radius 3 is 2.09 bits per heavy atom. The van der Waals surface area contributed by atoms with E-state index in [2.05, 4.69) is 17.0 Å². The van der Waals surface area contributed by atoms with E-state index in [-0.39, 0.29) is 11.8 Å². The molecule has 0 aromatic heterocycles. The second kappa shape index (κ2) is 11.8. The van der Waals surface area contributed by atoms with Crippen LogP contribution in [0.1, 0.15) is 84.0 Å². The third-order valence-corrected chi connectivity index (χ3v) is 5.74. The minimum absolute atomic E-state index is 0.0575. The van der Waals surface area contributed by atoms with Crippen molar-refractivity contribution < 1.29 is 13.2 Å². The molecule has 0 radical (unpaired) electrons. The second-order valence-electron chi connectivity index (χ2n) is 6.62. The maximum atomic E-state index is 11.9. The zero-order chi connectivity index (χ0) is 17.0. The average molecular weight is 347 g/mol. The molecule has 2 N–H and O–H groups in total. The van der Waals surface area contributed by atoms with Gasteiger partial charge in [0.15, 0.2) is 0 Å². The number of carbonyl (C=O) groups excluding carboxylic acids is 1. The third-order valence-electron chi connectivity index (χ3n) is 4.40. The molecule has 5 nitrogen and oxygen atoms in total. The minimum Gasteiger partial charge on any atom is -0.306 e. The number of unbranched alkanes of at least 4 members (excludes halogenated alkanes) is 9. The SMILES string of the molecule is CCCCCCCCCCCCS(=O)(=O)NC(=O)[C@H]1CCCN1. The Balaban J connectivity index is 2.00. The molecule has 23 heavy (non-hydrogen) atoms. The molecule has 0 aliphatic carbocycles. The molecule has 0 aromatic carbocycles. The first-order chi connectivity index (χ1) is 11.0. The lowest BCUT2D eigenvalue weighted by molar-refractivity contribution is -0.121. The van der Waals surface area contributed by atoms with Crippen LogP contribution in [0.4, 0.5) is 0 Å². The Morgan fingerprint density at radius 1 is 1.00 bits per heavy atom. The van der Waals surface area contributed by atoms with Crippen LogP contribution < -0.4 is 10.0 Å². The van der Waals surface area contributed by atoms with Crippen LogP contribution in [0.15, 0.2) is 0 Å². The summed E-state index contributed by atoms with van der Waals surface area (Å²) in [6, 6.07) is -0.336. The highest BCUT2D eigenvalue weighted by atomic mass is 32.2. The van der Waals surface area contributed by atoms with Crippen molar-refractivity contribution in [1.29, 1.82) is 0 Å². The maximum absolute atomic E-state index is 11.9. The fourth-order valence-corrected chi connectivity index (χ4v) is 4.10. The van der Waals surface area contributed by atoms with Gasteiger partial charge in [0, 0.05) is 0 Å². The van der Waals surface area contributed by atoms with Crippen molar-refractivity contribution in [3.8, 4) is 0 Å². The summed E-state index contributed by atoms with van der Waals surface area (Å²) in [5, 5.41) is 3.01. The highest BCUT2D eigenvalue weighted by molar-refractivity contribution is 7.90. The van der Waals surface area contributed by atoms with Gasteiger partial charge < -0.3 is 5.32 Å². The first-order valence-electron chi connectivity index (χ1n) is 9.33. The molecular formula is C17H34N2O3S. The summed E-state index contributed by atoms with van der Waals surface area (Å²) in [6.45, 7) is 3.01. The van der Waals surface area contributed by atoms with E-state index in [4.69, 9.17) is 0 Å². The average Bonchev–Trinajstić information content (AvgIpc) is 3.03. The van der Waals surface area contributed by atoms with Crippen molar-refractivity contribution in [3.05, 3.63) is 0 Å². The summed E-state index contributed by atoms with van der Waals surface area (Å²) in [5.74, 6) is -0.336. The molecule has 0 unspecified atom stereocenters. The Kier molecular flexibility index (Phi) is 10.5. The van der Waals surface area contributed by atoms with Crippen LogP contribution in [0.3, 0.4) is 0 Å². The van der Waals surface area contributed by atoms with Crippen molar-refractivity contribution in [2.75, 3.05) is 12.3 Å². The van der Waals surface area contributed by atoms with Gasteiger partial charge in [-0.3, -0.25) is 9.52 Å². The molecule has 1 heterocycles. The molecule has 1 aliphatic rings. The number of amides is 1. The maximum Gasteiger partial charge on any atom is 0.250 e. The van der Waals surface area contributed by atoms with E-state index >= 15 is 0 Å². The van der Waals surface area contributed by atoms with Gasteiger partial charge in [0.05, 0.1) is 11.8 Å². The second-order valence-corrected chi connectivity index (χ2v) is 8.46. The summed E-state index contributed by atoms with van der Waals surface area (Å²) in [7, 11) is -3.47. The summed E-state index contributed by atoms with van der Waals surface area (Å²) in [6.07, 6.45) is 13.3. The zero-order valence-corrected chi connectivity index (χ0v) is 15.4. The lowest BCUT2D eigenvalue weighted by Crippen LogP contribution is -2.43. The number of nitrogens with one attached hydrogen (secondary N) is 2. The van der Waals surface area contributed by atoms with E-state index in [0.29, 0.717) is 6.42 Å². The van der Waals surface area contributed by atoms with Crippen LogP contribution >= 0.6 is 0 Å². The molecule has 0 aromatic rings. The van der Waals surface area contributed by atoms with Gasteiger partial charge in [-0.05, 0) is 25.8 Å². The largest absolute Gasteiger partial charge is 0.306 e. The van der Waals surface area contributed by atoms with Crippen LogP contribution in [0.5, 0.6) is 0 Å². The standard InChI is InChI=1S/C17H34N2O3S/c1-2-3-4-5-6-7-8-9-10-11-15-23(21,22)19-17(20)16-13-12-14-18-16/h16,18H,2-15H2,1H3,(H,19,20)/t16-/m1/s1. The molecule has 1 atom stereocenters. The van der Waals surface area contributed by atoms with Crippen LogP contribution in [0, 0.1) is 0 Å². The Morgan fingerprint density at radius 2 is 1.57 bits per heavy atom. The topological polar surface area (TPSA) is 75.3 Å². The van der Waals surface area contributed by atoms with Gasteiger partial charge in [0.2, 0.25) is 10.0 Å². The van der Waals surface area contributed by atoms with Gasteiger partial charge in [-0.2, -0.15) is 0 Å². The molecule has 0 saturated carbocycles. The van der Waals surface area contributed by atoms with Crippen molar-refractivity contribution in [1.82, 2.24) is 10.0 Å². The molecule has 136 valence electrons. The van der Waals surface area contributed by atoms with Crippen LogP contribution in [0.25, 0.3) is 0 Å². The van der Waals surface area contributed by atoms with E-state index in [9.17, 15) is 13.2 Å². The Hall–Kier alpha value is -0.620. The zero-order valence-electron chi connectivity index (χ0n) is 14.6. The number of rotatable bonds is 13. The molecule has 1 aliphatic heterocycles. The summed E-state index contributed by atoms with van der Waals surface area (Å²) in [5.41, 5.74) is 0. The smallest absolute Gasteiger partial charge is 0.250 e. The predicted octanol–water partition coefficient (Wildman–Crippen LogP) is 3.11. The van der Waals surface area contributed by atoms with Gasteiger partial charge >= 0.3 is 0 Å². The van der Waals surface area contributed by atoms with E-state index in [1.54, 1.807) is 0 Å². The van der Waals surface area contributed by atoms with Gasteiger partial charge in [0.1, 0.15) is 0 Å². The van der Waals surface area contributed by atoms with Crippen molar-refractivity contribution >= 4 is 15.9 Å². The molecule has 1 fully saturated rings. The van der Waals surface area contributed by atoms with Crippen molar-refractivity contribution in [2.24, 2.45) is 0 Å². The molecule has 0 bridgehead atoms. The fourth-order valence-electron chi connectivity index (χ4n) is 2.96. The summed E-state index contributed by atoms with van der Waals surface area (Å²) in [4.78, 5) is 11.8. The minimum atomic E-state index is -3.47. The van der Waals surface area contributed by atoms with E-state index in [1.807, 2.05) is 0 Å². The quantitative estimate of drug-likeness (QED) is 0.503. The van der Waals surface area contributed by atoms with Crippen LogP contribution in [-0.2, 0) is 14.8 Å². The monoisotopic (exact) mass is 346 g/mol. The molecule has 0 spiro atoms. The Labute approximate surface area is 142 Å². The van der Waals surface area contributed by atoms with Gasteiger partial charge in [0.25, 0.3) is 5.91 Å². The van der Waals surface area contributed by atoms with E-state index < -0.39 is 15.9 Å². The lowest BCUT2D eigenvalue weighted by atomic mass is 10.1. The number of carbonyl (C=O) groups is 1. The molecule has 1 amide bonds. The molecule has 6 heteroatoms. The summed E-state index contributed by atoms with van der Waals surface area (Å²) < 4.78 is 25.9. The van der Waals surface area contributed by atoms with E-state index in [1.165, 1.54) is 44.9 Å². The van der Waals surface area contributed by atoms with Crippen LogP contribution in [0.2, 0.25) is 0 Å². The number of sulfonamides is 1. The normalized spacial score (nSPS) is 18.2. The Bertz CT molecular complexity index is 418. The number of hydrogen-bond acceptors (Lipinski definition) is 4. The lowest BCUT2D eigenvalue weighted by Gasteiger charge is -2.11.